The fraction of sp³-hybridized carbons (Fsp3) is 0.625. The first kappa shape index (κ1) is 16.8. The van der Waals surface area contributed by atoms with E-state index in [9.17, 15) is 12.8 Å². The number of piperidine rings is 1. The molecule has 7 heteroatoms. The lowest BCUT2D eigenvalue weighted by atomic mass is 10.0. The van der Waals surface area contributed by atoms with Crippen LogP contribution in [0.15, 0.2) is 29.2 Å². The van der Waals surface area contributed by atoms with Gasteiger partial charge in [0, 0.05) is 32.5 Å². The highest BCUT2D eigenvalue weighted by Crippen LogP contribution is 2.38. The molecule has 2 aliphatic heterocycles. The van der Waals surface area contributed by atoms with E-state index in [0.29, 0.717) is 26.0 Å². The number of nitrogens with zero attached hydrogens (tertiary/aromatic N) is 2. The zero-order valence-electron chi connectivity index (χ0n) is 13.4. The van der Waals surface area contributed by atoms with Crippen LogP contribution in [0.5, 0.6) is 0 Å². The van der Waals surface area contributed by atoms with E-state index in [1.807, 2.05) is 0 Å². The van der Waals surface area contributed by atoms with Crippen molar-refractivity contribution in [2.75, 3.05) is 32.8 Å². The fourth-order valence-electron chi connectivity index (χ4n) is 3.50. The largest absolute Gasteiger partial charge is 0.358 e. The first-order chi connectivity index (χ1) is 11.0. The van der Waals surface area contributed by atoms with Crippen molar-refractivity contribution in [3.8, 4) is 0 Å². The summed E-state index contributed by atoms with van der Waals surface area (Å²) in [6.45, 7) is 5.61. The van der Waals surface area contributed by atoms with Crippen LogP contribution in [0.3, 0.4) is 0 Å². The van der Waals surface area contributed by atoms with Crippen molar-refractivity contribution < 1.29 is 17.5 Å². The Kier molecular flexibility index (Phi) is 4.73. The van der Waals surface area contributed by atoms with Crippen molar-refractivity contribution >= 4 is 10.0 Å². The van der Waals surface area contributed by atoms with Gasteiger partial charge in [-0.05, 0) is 37.2 Å². The van der Waals surface area contributed by atoms with E-state index in [-0.39, 0.29) is 4.90 Å². The Morgan fingerprint density at radius 2 is 1.83 bits per heavy atom. The maximum Gasteiger partial charge on any atom is 0.245 e. The molecule has 2 fully saturated rings. The van der Waals surface area contributed by atoms with Crippen molar-refractivity contribution in [2.45, 2.75) is 36.8 Å². The van der Waals surface area contributed by atoms with Crippen LogP contribution in [-0.2, 0) is 14.8 Å². The topological polar surface area (TPSA) is 49.9 Å². The molecule has 1 spiro atoms. The quantitative estimate of drug-likeness (QED) is 0.840. The Morgan fingerprint density at radius 3 is 2.43 bits per heavy atom. The van der Waals surface area contributed by atoms with Gasteiger partial charge in [0.15, 0.2) is 0 Å². The van der Waals surface area contributed by atoms with Gasteiger partial charge in [0.05, 0.1) is 11.5 Å². The van der Waals surface area contributed by atoms with Gasteiger partial charge in [0.2, 0.25) is 10.0 Å². The van der Waals surface area contributed by atoms with Crippen LogP contribution in [0, 0.1) is 5.82 Å². The Hall–Kier alpha value is -1.02. The molecular weight excluding hydrogens is 319 g/mol. The van der Waals surface area contributed by atoms with Gasteiger partial charge >= 0.3 is 0 Å². The van der Waals surface area contributed by atoms with Gasteiger partial charge in [-0.1, -0.05) is 6.92 Å². The van der Waals surface area contributed by atoms with E-state index in [1.54, 1.807) is 0 Å². The number of rotatable bonds is 4. The fourth-order valence-corrected chi connectivity index (χ4v) is 5.23. The molecule has 23 heavy (non-hydrogen) atoms. The molecule has 0 amide bonds. The molecule has 5 nitrogen and oxygen atoms in total. The molecule has 0 aliphatic carbocycles. The smallest absolute Gasteiger partial charge is 0.245 e. The third-order valence-electron chi connectivity index (χ3n) is 4.70. The predicted molar refractivity (Wildman–Crippen MR) is 84.9 cm³/mol. The van der Waals surface area contributed by atoms with E-state index < -0.39 is 21.6 Å². The minimum Gasteiger partial charge on any atom is -0.358 e. The lowest BCUT2D eigenvalue weighted by Gasteiger charge is -2.42. The molecule has 2 heterocycles. The Bertz CT molecular complexity index is 640. The molecule has 128 valence electrons. The van der Waals surface area contributed by atoms with Crippen molar-refractivity contribution in [2.24, 2.45) is 0 Å². The minimum absolute atomic E-state index is 0.125. The highest BCUT2D eigenvalue weighted by Gasteiger charge is 2.50. The second kappa shape index (κ2) is 6.47. The molecular formula is C16H23FN2O3S. The maximum absolute atomic E-state index is 13.1. The Balaban J connectivity index is 1.83. The molecule has 1 aromatic carbocycles. The van der Waals surface area contributed by atoms with Gasteiger partial charge in [-0.25, -0.2) is 12.8 Å². The number of likely N-dealkylation sites (tertiary alicyclic amines) is 1. The summed E-state index contributed by atoms with van der Waals surface area (Å²) in [5.74, 6) is -0.441. The number of hydrogen-bond acceptors (Lipinski definition) is 4. The predicted octanol–water partition coefficient (Wildman–Crippen LogP) is 2.05. The summed E-state index contributed by atoms with van der Waals surface area (Å²) in [5, 5.41) is 0. The van der Waals surface area contributed by atoms with Crippen molar-refractivity contribution in [1.82, 2.24) is 9.21 Å². The SMILES string of the molecule is CCCN1CCC2(CC1)OCCN2S(=O)(=O)c1ccc(F)cc1. The highest BCUT2D eigenvalue weighted by atomic mass is 32.2. The van der Waals surface area contributed by atoms with Gasteiger partial charge < -0.3 is 9.64 Å². The van der Waals surface area contributed by atoms with Gasteiger partial charge in [-0.15, -0.1) is 0 Å². The minimum atomic E-state index is -3.67. The summed E-state index contributed by atoms with van der Waals surface area (Å²) >= 11 is 0. The van der Waals surface area contributed by atoms with Gasteiger partial charge in [0.25, 0.3) is 0 Å². The summed E-state index contributed by atoms with van der Waals surface area (Å²) < 4.78 is 46.3. The molecule has 2 saturated heterocycles. The Morgan fingerprint density at radius 1 is 1.17 bits per heavy atom. The lowest BCUT2D eigenvalue weighted by molar-refractivity contribution is -0.0904. The summed E-state index contributed by atoms with van der Waals surface area (Å²) in [7, 11) is -3.67. The van der Waals surface area contributed by atoms with Crippen LogP contribution in [0.4, 0.5) is 4.39 Å². The summed E-state index contributed by atoms with van der Waals surface area (Å²) in [6, 6.07) is 5.01. The highest BCUT2D eigenvalue weighted by molar-refractivity contribution is 7.89. The summed E-state index contributed by atoms with van der Waals surface area (Å²) in [5.41, 5.74) is -0.739. The second-order valence-corrected chi connectivity index (χ2v) is 8.03. The molecule has 0 aromatic heterocycles. The normalized spacial score (nSPS) is 22.7. The number of hydrogen-bond donors (Lipinski definition) is 0. The van der Waals surface area contributed by atoms with Crippen LogP contribution < -0.4 is 0 Å². The van der Waals surface area contributed by atoms with Crippen molar-refractivity contribution in [3.05, 3.63) is 30.1 Å². The average Bonchev–Trinajstić information content (AvgIpc) is 2.95. The van der Waals surface area contributed by atoms with E-state index >= 15 is 0 Å². The van der Waals surface area contributed by atoms with Crippen LogP contribution in [0.1, 0.15) is 26.2 Å². The van der Waals surface area contributed by atoms with Crippen LogP contribution in [0.2, 0.25) is 0 Å². The van der Waals surface area contributed by atoms with Gasteiger partial charge in [-0.2, -0.15) is 4.31 Å². The van der Waals surface area contributed by atoms with E-state index in [1.165, 1.54) is 28.6 Å². The number of halogens is 1. The summed E-state index contributed by atoms with van der Waals surface area (Å²) in [4.78, 5) is 2.47. The van der Waals surface area contributed by atoms with E-state index in [4.69, 9.17) is 4.74 Å². The molecule has 0 N–H and O–H groups in total. The molecule has 0 atom stereocenters. The second-order valence-electron chi connectivity index (χ2n) is 6.17. The molecule has 0 radical (unpaired) electrons. The van der Waals surface area contributed by atoms with Gasteiger partial charge in [0.1, 0.15) is 11.5 Å². The Labute approximate surface area is 137 Å². The number of ether oxygens (including phenoxy) is 1. The molecule has 0 saturated carbocycles. The van der Waals surface area contributed by atoms with E-state index in [2.05, 4.69) is 11.8 Å². The average molecular weight is 342 g/mol. The lowest BCUT2D eigenvalue weighted by Crippen LogP contribution is -2.54. The zero-order valence-corrected chi connectivity index (χ0v) is 14.2. The van der Waals surface area contributed by atoms with E-state index in [0.717, 1.165) is 26.1 Å². The number of sulfonamides is 1. The van der Waals surface area contributed by atoms with Crippen molar-refractivity contribution in [3.63, 3.8) is 0 Å². The molecule has 2 aliphatic rings. The van der Waals surface area contributed by atoms with Gasteiger partial charge in [-0.3, -0.25) is 0 Å². The molecule has 3 rings (SSSR count). The van der Waals surface area contributed by atoms with Crippen LogP contribution in [-0.4, -0.2) is 56.1 Å². The first-order valence-corrected chi connectivity index (χ1v) is 9.57. The third kappa shape index (κ3) is 3.15. The number of benzene rings is 1. The summed E-state index contributed by atoms with van der Waals surface area (Å²) in [6.07, 6.45) is 2.44. The van der Waals surface area contributed by atoms with Crippen LogP contribution in [0.25, 0.3) is 0 Å². The maximum atomic E-state index is 13.1. The van der Waals surface area contributed by atoms with Crippen LogP contribution >= 0.6 is 0 Å². The molecule has 0 bridgehead atoms. The zero-order chi connectivity index (χ0) is 16.5. The molecule has 1 aromatic rings. The van der Waals surface area contributed by atoms with Crippen molar-refractivity contribution in [1.29, 1.82) is 0 Å². The third-order valence-corrected chi connectivity index (χ3v) is 6.66. The molecule has 0 unspecified atom stereocenters. The monoisotopic (exact) mass is 342 g/mol. The standard InChI is InChI=1S/C16H23FN2O3S/c1-2-9-18-10-7-16(8-11-18)19(12-13-22-16)23(20,21)15-5-3-14(17)4-6-15/h3-6H,2,7-13H2,1H3. The first-order valence-electron chi connectivity index (χ1n) is 8.13.